The van der Waals surface area contributed by atoms with Crippen molar-refractivity contribution in [3.63, 3.8) is 0 Å². The third-order valence-corrected chi connectivity index (χ3v) is 6.62. The number of rotatable bonds is 11. The lowest BCUT2D eigenvalue weighted by molar-refractivity contribution is -0.145. The van der Waals surface area contributed by atoms with Crippen LogP contribution in [0.5, 0.6) is 0 Å². The van der Waals surface area contributed by atoms with Gasteiger partial charge in [0.05, 0.1) is 6.54 Å². The lowest BCUT2D eigenvalue weighted by atomic mass is 9.94. The third kappa shape index (κ3) is 8.12. The molecular formula is C30H42N4O4. The van der Waals surface area contributed by atoms with E-state index >= 15 is 0 Å². The molecule has 2 aromatic rings. The number of ketones is 1. The van der Waals surface area contributed by atoms with Gasteiger partial charge in [-0.2, -0.15) is 0 Å². The number of fused-ring (bicyclic) bond motifs is 1. The van der Waals surface area contributed by atoms with Gasteiger partial charge in [0.25, 0.3) is 0 Å². The first-order chi connectivity index (χ1) is 18.0. The number of nitrogens with one attached hydrogen (secondary N) is 3. The van der Waals surface area contributed by atoms with Crippen LogP contribution in [0.1, 0.15) is 53.0 Å². The van der Waals surface area contributed by atoms with Gasteiger partial charge in [-0.1, -0.05) is 77.1 Å². The molecule has 1 aliphatic heterocycles. The summed E-state index contributed by atoms with van der Waals surface area (Å²) >= 11 is 0. The molecule has 1 unspecified atom stereocenters. The van der Waals surface area contributed by atoms with E-state index in [0.29, 0.717) is 18.9 Å². The van der Waals surface area contributed by atoms with Gasteiger partial charge >= 0.3 is 0 Å². The summed E-state index contributed by atoms with van der Waals surface area (Å²) in [5.74, 6) is -0.625. The highest BCUT2D eigenvalue weighted by Crippen LogP contribution is 2.24. The van der Waals surface area contributed by atoms with Crippen LogP contribution in [0.2, 0.25) is 0 Å². The average Bonchev–Trinajstić information content (AvgIpc) is 3.25. The predicted octanol–water partition coefficient (Wildman–Crippen LogP) is 2.84. The number of benzene rings is 2. The van der Waals surface area contributed by atoms with Crippen LogP contribution in [0.4, 0.5) is 0 Å². The minimum absolute atomic E-state index is 0.0422. The molecule has 0 saturated carbocycles. The highest BCUT2D eigenvalue weighted by molar-refractivity contribution is 6.01. The fourth-order valence-corrected chi connectivity index (χ4v) is 4.59. The average molecular weight is 523 g/mol. The van der Waals surface area contributed by atoms with Crippen molar-refractivity contribution in [2.24, 2.45) is 11.3 Å². The molecule has 0 aliphatic carbocycles. The van der Waals surface area contributed by atoms with E-state index in [-0.39, 0.29) is 30.6 Å². The van der Waals surface area contributed by atoms with Crippen molar-refractivity contribution >= 4 is 34.3 Å². The van der Waals surface area contributed by atoms with E-state index in [2.05, 4.69) is 29.8 Å². The van der Waals surface area contributed by atoms with Crippen molar-refractivity contribution in [1.29, 1.82) is 0 Å². The monoisotopic (exact) mass is 522 g/mol. The van der Waals surface area contributed by atoms with Gasteiger partial charge in [0, 0.05) is 24.8 Å². The largest absolute Gasteiger partial charge is 0.354 e. The first-order valence-corrected chi connectivity index (χ1v) is 13.5. The quantitative estimate of drug-likeness (QED) is 0.394. The van der Waals surface area contributed by atoms with E-state index < -0.39 is 23.4 Å². The molecule has 1 fully saturated rings. The number of amides is 3. The Morgan fingerprint density at radius 2 is 1.74 bits per heavy atom. The Balaban J connectivity index is 1.73. The predicted molar refractivity (Wildman–Crippen MR) is 149 cm³/mol. The van der Waals surface area contributed by atoms with E-state index in [9.17, 15) is 19.2 Å². The molecule has 1 aliphatic rings. The fraction of sp³-hybridized carbons (Fsp3) is 0.533. The van der Waals surface area contributed by atoms with Crippen LogP contribution in [0, 0.1) is 11.3 Å². The second-order valence-electron chi connectivity index (χ2n) is 11.6. The third-order valence-electron chi connectivity index (χ3n) is 6.62. The lowest BCUT2D eigenvalue weighted by Crippen LogP contribution is -2.55. The zero-order valence-electron chi connectivity index (χ0n) is 23.3. The molecule has 2 aromatic carbocycles. The van der Waals surface area contributed by atoms with Gasteiger partial charge in [0.2, 0.25) is 17.7 Å². The van der Waals surface area contributed by atoms with Crippen molar-refractivity contribution in [3.8, 4) is 0 Å². The second-order valence-corrected chi connectivity index (χ2v) is 11.6. The van der Waals surface area contributed by atoms with Crippen LogP contribution >= 0.6 is 0 Å². The summed E-state index contributed by atoms with van der Waals surface area (Å²) in [6.07, 6.45) is 1.02. The Labute approximate surface area is 225 Å². The van der Waals surface area contributed by atoms with Crippen LogP contribution in [0.25, 0.3) is 10.8 Å². The molecule has 0 radical (unpaired) electrons. The Kier molecular flexibility index (Phi) is 10.0. The summed E-state index contributed by atoms with van der Waals surface area (Å²) in [7, 11) is 0. The first-order valence-electron chi connectivity index (χ1n) is 13.5. The van der Waals surface area contributed by atoms with Crippen LogP contribution in [-0.2, 0) is 25.6 Å². The Bertz CT molecular complexity index is 1150. The summed E-state index contributed by atoms with van der Waals surface area (Å²) in [6.45, 7) is 11.7. The zero-order valence-corrected chi connectivity index (χ0v) is 23.3. The highest BCUT2D eigenvalue weighted by Gasteiger charge is 2.42. The van der Waals surface area contributed by atoms with Crippen LogP contribution < -0.4 is 16.0 Å². The van der Waals surface area contributed by atoms with E-state index in [0.717, 1.165) is 35.8 Å². The molecule has 3 rings (SSSR count). The number of hydrogen-bond donors (Lipinski definition) is 3. The first kappa shape index (κ1) is 29.3. The standard InChI is InChI=1S/C30H42N4O4/c1-20(2)18-31-13-8-14-32-27(36)25(16-21-11-12-22-9-6-7-10-23(22)15-21)33-28(37)26-17-24(35)19-34(26)29(38)30(3,4)5/h6-7,9-12,15,20,25-26,31H,8,13-14,16-19H2,1-5H3,(H,32,36)(H,33,37)/t25-,26?/m1/s1. The number of Topliss-reactive ketones (excluding diaryl/α,β-unsaturated/α-hetero) is 1. The number of carbonyl (C=O) groups is 4. The van der Waals surface area contributed by atoms with Gasteiger partial charge in [-0.15, -0.1) is 0 Å². The second kappa shape index (κ2) is 13.0. The molecule has 3 N–H and O–H groups in total. The molecule has 8 heteroatoms. The number of nitrogens with zero attached hydrogens (tertiary/aromatic N) is 1. The van der Waals surface area contributed by atoms with Gasteiger partial charge in [-0.3, -0.25) is 19.2 Å². The maximum Gasteiger partial charge on any atom is 0.243 e. The van der Waals surface area contributed by atoms with E-state index in [1.807, 2.05) is 42.5 Å². The molecule has 0 aromatic heterocycles. The highest BCUT2D eigenvalue weighted by atomic mass is 16.2. The maximum atomic E-state index is 13.4. The molecule has 0 spiro atoms. The summed E-state index contributed by atoms with van der Waals surface area (Å²) in [5.41, 5.74) is 0.183. The van der Waals surface area contributed by atoms with Crippen molar-refractivity contribution in [2.45, 2.75) is 66.0 Å². The van der Waals surface area contributed by atoms with Crippen molar-refractivity contribution in [1.82, 2.24) is 20.9 Å². The minimum atomic E-state index is -0.915. The summed E-state index contributed by atoms with van der Waals surface area (Å²) in [6, 6.07) is 12.2. The molecule has 1 saturated heterocycles. The Hall–Kier alpha value is -3.26. The molecule has 38 heavy (non-hydrogen) atoms. The fourth-order valence-electron chi connectivity index (χ4n) is 4.59. The topological polar surface area (TPSA) is 108 Å². The van der Waals surface area contributed by atoms with Crippen molar-refractivity contribution < 1.29 is 19.2 Å². The van der Waals surface area contributed by atoms with E-state index in [4.69, 9.17) is 0 Å². The van der Waals surface area contributed by atoms with Crippen molar-refractivity contribution in [2.75, 3.05) is 26.2 Å². The maximum absolute atomic E-state index is 13.4. The molecule has 1 heterocycles. The number of likely N-dealkylation sites (tertiary alicyclic amines) is 1. The molecule has 2 atom stereocenters. The summed E-state index contributed by atoms with van der Waals surface area (Å²) in [4.78, 5) is 53.2. The summed E-state index contributed by atoms with van der Waals surface area (Å²) < 4.78 is 0. The molecule has 3 amide bonds. The van der Waals surface area contributed by atoms with Crippen molar-refractivity contribution in [3.05, 3.63) is 48.0 Å². The van der Waals surface area contributed by atoms with Crippen LogP contribution in [0.3, 0.4) is 0 Å². The Morgan fingerprint density at radius 1 is 1.03 bits per heavy atom. The molecular weight excluding hydrogens is 480 g/mol. The van der Waals surface area contributed by atoms with Gasteiger partial charge in [-0.05, 0) is 41.8 Å². The van der Waals surface area contributed by atoms with Gasteiger partial charge in [0.15, 0.2) is 5.78 Å². The van der Waals surface area contributed by atoms with Crippen LogP contribution in [-0.4, -0.2) is 66.7 Å². The van der Waals surface area contributed by atoms with Gasteiger partial charge < -0.3 is 20.9 Å². The molecule has 206 valence electrons. The van der Waals surface area contributed by atoms with E-state index in [1.54, 1.807) is 20.8 Å². The normalized spacial score (nSPS) is 16.6. The Morgan fingerprint density at radius 3 is 2.42 bits per heavy atom. The van der Waals surface area contributed by atoms with Crippen LogP contribution in [0.15, 0.2) is 42.5 Å². The summed E-state index contributed by atoms with van der Waals surface area (Å²) in [5, 5.41) is 11.3. The minimum Gasteiger partial charge on any atom is -0.354 e. The lowest BCUT2D eigenvalue weighted by Gasteiger charge is -2.30. The number of carbonyl (C=O) groups excluding carboxylic acids is 4. The molecule has 0 bridgehead atoms. The smallest absolute Gasteiger partial charge is 0.243 e. The zero-order chi connectivity index (χ0) is 27.9. The number of hydrogen-bond acceptors (Lipinski definition) is 5. The van der Waals surface area contributed by atoms with Gasteiger partial charge in [0.1, 0.15) is 12.1 Å². The SMILES string of the molecule is CC(C)CNCCCNC(=O)[C@@H](Cc1ccc2ccccc2c1)NC(=O)C1CC(=O)CN1C(=O)C(C)(C)C. The van der Waals surface area contributed by atoms with E-state index in [1.165, 1.54) is 4.90 Å². The van der Waals surface area contributed by atoms with Gasteiger partial charge in [-0.25, -0.2) is 0 Å². The molecule has 8 nitrogen and oxygen atoms in total.